The van der Waals surface area contributed by atoms with Crippen LogP contribution in [0.1, 0.15) is 27.8 Å². The summed E-state index contributed by atoms with van der Waals surface area (Å²) in [5.74, 6) is 0.684. The Morgan fingerprint density at radius 1 is 1.20 bits per heavy atom. The minimum atomic E-state index is 0.0779. The highest BCUT2D eigenvalue weighted by atomic mass is 32.1. The Morgan fingerprint density at radius 2 is 2.05 bits per heavy atom. The van der Waals surface area contributed by atoms with Gasteiger partial charge in [0.15, 0.2) is 5.84 Å². The highest BCUT2D eigenvalue weighted by Gasteiger charge is 2.19. The molecule has 0 unspecified atom stereocenters. The van der Waals surface area contributed by atoms with Crippen molar-refractivity contribution in [2.75, 3.05) is 0 Å². The van der Waals surface area contributed by atoms with Gasteiger partial charge >= 0.3 is 0 Å². The van der Waals surface area contributed by atoms with Crippen molar-refractivity contribution in [3.05, 3.63) is 57.8 Å². The number of thiophene rings is 1. The number of rotatable bonds is 3. The zero-order valence-electron chi connectivity index (χ0n) is 11.1. The van der Waals surface area contributed by atoms with Crippen LogP contribution in [0.5, 0.6) is 0 Å². The molecule has 1 atom stereocenters. The highest BCUT2D eigenvalue weighted by Crippen LogP contribution is 2.27. The lowest BCUT2D eigenvalue weighted by Gasteiger charge is -2.02. The average molecular weight is 282 g/mol. The first kappa shape index (κ1) is 12.9. The minimum absolute atomic E-state index is 0.0779. The monoisotopic (exact) mass is 282 g/mol. The molecule has 0 radical (unpaired) electrons. The molecule has 2 aromatic rings. The van der Waals surface area contributed by atoms with Crippen molar-refractivity contribution < 1.29 is 0 Å². The van der Waals surface area contributed by atoms with Gasteiger partial charge in [-0.15, -0.1) is 21.6 Å². The molecule has 0 N–H and O–H groups in total. The Morgan fingerprint density at radius 3 is 2.80 bits per heavy atom. The number of hydrogen-bond acceptors (Lipinski definition) is 4. The molecule has 2 heterocycles. The van der Waals surface area contributed by atoms with Gasteiger partial charge in [0, 0.05) is 16.2 Å². The van der Waals surface area contributed by atoms with Crippen LogP contribution in [0.15, 0.2) is 62.9 Å². The van der Waals surface area contributed by atoms with Crippen molar-refractivity contribution in [2.24, 2.45) is 20.4 Å². The second kappa shape index (κ2) is 5.88. The van der Waals surface area contributed by atoms with Crippen LogP contribution in [0, 0.1) is 6.92 Å². The number of hydrogen-bond donors (Lipinski definition) is 0. The van der Waals surface area contributed by atoms with E-state index in [2.05, 4.69) is 45.6 Å². The zero-order valence-corrected chi connectivity index (χ0v) is 11.9. The van der Waals surface area contributed by atoms with Crippen LogP contribution in [-0.2, 0) is 0 Å². The van der Waals surface area contributed by atoms with E-state index in [9.17, 15) is 0 Å². The van der Waals surface area contributed by atoms with Gasteiger partial charge in [-0.3, -0.25) is 0 Å². The van der Waals surface area contributed by atoms with Crippen molar-refractivity contribution in [3.63, 3.8) is 0 Å². The summed E-state index contributed by atoms with van der Waals surface area (Å²) >= 11 is 1.70. The second-order valence-electron chi connectivity index (χ2n) is 4.56. The van der Waals surface area contributed by atoms with E-state index < -0.39 is 0 Å². The molecule has 3 rings (SSSR count). The van der Waals surface area contributed by atoms with E-state index in [1.807, 2.05) is 24.3 Å². The van der Waals surface area contributed by atoms with Gasteiger partial charge in [-0.1, -0.05) is 30.3 Å². The van der Waals surface area contributed by atoms with Crippen molar-refractivity contribution in [1.82, 2.24) is 0 Å². The minimum Gasteiger partial charge on any atom is -0.179 e. The largest absolute Gasteiger partial charge is 0.179 e. The van der Waals surface area contributed by atoms with E-state index in [0.717, 1.165) is 4.88 Å². The molecule has 0 amide bonds. The van der Waals surface area contributed by atoms with Crippen molar-refractivity contribution in [1.29, 1.82) is 0 Å². The molecule has 0 saturated heterocycles. The van der Waals surface area contributed by atoms with Gasteiger partial charge in [0.25, 0.3) is 0 Å². The zero-order chi connectivity index (χ0) is 13.8. The normalized spacial score (nSPS) is 20.2. The lowest BCUT2D eigenvalue weighted by Crippen LogP contribution is -1.95. The highest BCUT2D eigenvalue weighted by molar-refractivity contribution is 7.13. The third-order valence-corrected chi connectivity index (χ3v) is 3.93. The van der Waals surface area contributed by atoms with E-state index in [4.69, 9.17) is 0 Å². The molecule has 0 fully saturated rings. The van der Waals surface area contributed by atoms with E-state index in [0.29, 0.717) is 12.3 Å². The third-order valence-electron chi connectivity index (χ3n) is 2.99. The van der Waals surface area contributed by atoms with Crippen LogP contribution in [-0.4, -0.2) is 12.1 Å². The van der Waals surface area contributed by atoms with Crippen LogP contribution < -0.4 is 0 Å². The molecule has 20 heavy (non-hydrogen) atoms. The molecule has 0 bridgehead atoms. The first-order valence-electron chi connectivity index (χ1n) is 6.43. The molecule has 1 aromatic heterocycles. The number of benzene rings is 1. The summed E-state index contributed by atoms with van der Waals surface area (Å²) in [6, 6.07) is 14.3. The maximum absolute atomic E-state index is 4.24. The molecule has 1 aromatic carbocycles. The number of nitrogens with zero attached hydrogens (tertiary/aromatic N) is 4. The van der Waals surface area contributed by atoms with Crippen LogP contribution in [0.3, 0.4) is 0 Å². The number of aryl methyl sites for hydroxylation is 1. The maximum Gasteiger partial charge on any atom is 0.175 e. The van der Waals surface area contributed by atoms with Gasteiger partial charge in [0.2, 0.25) is 0 Å². The van der Waals surface area contributed by atoms with E-state index >= 15 is 0 Å². The van der Waals surface area contributed by atoms with E-state index in [-0.39, 0.29) is 6.04 Å². The molecule has 1 aliphatic rings. The van der Waals surface area contributed by atoms with Crippen molar-refractivity contribution in [3.8, 4) is 0 Å². The average Bonchev–Trinajstić information content (AvgIpc) is 3.09. The summed E-state index contributed by atoms with van der Waals surface area (Å²) in [7, 11) is 0. The predicted octanol–water partition coefficient (Wildman–Crippen LogP) is 4.39. The molecule has 4 nitrogen and oxygen atoms in total. The Hall–Kier alpha value is -2.14. The van der Waals surface area contributed by atoms with Gasteiger partial charge in [0.1, 0.15) is 6.04 Å². The summed E-state index contributed by atoms with van der Waals surface area (Å²) in [6.07, 6.45) is 2.47. The van der Waals surface area contributed by atoms with Crippen LogP contribution in [0.25, 0.3) is 0 Å². The van der Waals surface area contributed by atoms with Crippen molar-refractivity contribution in [2.45, 2.75) is 19.4 Å². The summed E-state index contributed by atoms with van der Waals surface area (Å²) in [6.45, 7) is 2.07. The Kier molecular flexibility index (Phi) is 3.78. The maximum atomic E-state index is 4.24. The van der Waals surface area contributed by atoms with Crippen LogP contribution in [0.4, 0.5) is 0 Å². The summed E-state index contributed by atoms with van der Waals surface area (Å²) in [4.78, 5) is 2.37. The van der Waals surface area contributed by atoms with Crippen molar-refractivity contribution >= 4 is 23.4 Å². The molecule has 1 aliphatic heterocycles. The van der Waals surface area contributed by atoms with E-state index in [1.54, 1.807) is 17.6 Å². The lowest BCUT2D eigenvalue weighted by atomic mass is 10.1. The second-order valence-corrected chi connectivity index (χ2v) is 5.87. The van der Waals surface area contributed by atoms with Gasteiger partial charge in [-0.25, -0.2) is 0 Å². The number of amidine groups is 1. The quantitative estimate of drug-likeness (QED) is 0.592. The summed E-state index contributed by atoms with van der Waals surface area (Å²) in [5, 5.41) is 16.6. The Balaban J connectivity index is 1.64. The molecule has 5 heteroatoms. The first-order valence-corrected chi connectivity index (χ1v) is 7.25. The Bertz CT molecular complexity index is 670. The fourth-order valence-corrected chi connectivity index (χ4v) is 2.73. The summed E-state index contributed by atoms with van der Waals surface area (Å²) in [5.41, 5.74) is 1.17. The molecule has 0 saturated carbocycles. The lowest BCUT2D eigenvalue weighted by molar-refractivity contribution is 0.773. The van der Waals surface area contributed by atoms with Gasteiger partial charge < -0.3 is 0 Å². The topological polar surface area (TPSA) is 49.4 Å². The number of azo groups is 1. The third kappa shape index (κ3) is 3.05. The fraction of sp³-hybridized carbons (Fsp3) is 0.200. The fourth-order valence-electron chi connectivity index (χ4n) is 1.99. The molecular weight excluding hydrogens is 268 g/mol. The molecule has 0 aliphatic carbocycles. The Labute approximate surface area is 121 Å². The molecule has 0 spiro atoms. The summed E-state index contributed by atoms with van der Waals surface area (Å²) < 4.78 is 0. The standard InChI is InChI=1S/C15H14N4S/c1-11-7-8-13(20-11)10-16-18-15-9-14(17-19-15)12-5-3-2-4-6-12/h2-8,10,14H,9H2,1H3/b16-10-,18-15+/t14-/m1/s1. The predicted molar refractivity (Wildman–Crippen MR) is 82.7 cm³/mol. The van der Waals surface area contributed by atoms with Gasteiger partial charge in [0.05, 0.1) is 6.21 Å². The van der Waals surface area contributed by atoms with Crippen LogP contribution >= 0.6 is 11.3 Å². The molecule has 100 valence electrons. The van der Waals surface area contributed by atoms with Crippen LogP contribution in [0.2, 0.25) is 0 Å². The van der Waals surface area contributed by atoms with E-state index in [1.165, 1.54) is 10.4 Å². The smallest absolute Gasteiger partial charge is 0.175 e. The first-order chi connectivity index (χ1) is 9.81. The SMILES string of the molecule is Cc1ccc(/C=N\N=C2/C[C@H](c3ccccc3)N=N2)s1. The van der Waals surface area contributed by atoms with Gasteiger partial charge in [-0.2, -0.15) is 10.2 Å². The van der Waals surface area contributed by atoms with Gasteiger partial charge in [-0.05, 0) is 24.6 Å². The molecular formula is C15H14N4S.